The van der Waals surface area contributed by atoms with E-state index in [-0.39, 0.29) is 0 Å². The van der Waals surface area contributed by atoms with Crippen LogP contribution in [0, 0.1) is 13.8 Å². The molecule has 2 aliphatic heterocycles. The first-order chi connectivity index (χ1) is 12.0. The zero-order chi connectivity index (χ0) is 17.6. The molecule has 126 valence electrons. The van der Waals surface area contributed by atoms with Crippen molar-refractivity contribution in [3.63, 3.8) is 0 Å². The number of rotatable bonds is 2. The number of benzene rings is 2. The summed E-state index contributed by atoms with van der Waals surface area (Å²) in [5.74, 6) is 0. The average molecular weight is 329 g/mol. The van der Waals surface area contributed by atoms with Gasteiger partial charge in [-0.25, -0.2) is 10.0 Å². The molecule has 0 radical (unpaired) electrons. The molecule has 0 N–H and O–H groups in total. The number of hydrogen-bond donors (Lipinski definition) is 0. The first kappa shape index (κ1) is 15.8. The molecule has 0 aromatic heterocycles. The van der Waals surface area contributed by atoms with E-state index >= 15 is 0 Å². The van der Waals surface area contributed by atoms with E-state index in [2.05, 4.69) is 87.3 Å². The summed E-state index contributed by atoms with van der Waals surface area (Å²) in [6, 6.07) is 17.3. The van der Waals surface area contributed by atoms with Gasteiger partial charge in [-0.15, -0.1) is 0 Å². The molecule has 3 nitrogen and oxygen atoms in total. The maximum atomic E-state index is 5.23. The van der Waals surface area contributed by atoms with E-state index in [1.54, 1.807) is 0 Å². The predicted molar refractivity (Wildman–Crippen MR) is 104 cm³/mol. The fourth-order valence-corrected chi connectivity index (χ4v) is 3.65. The summed E-state index contributed by atoms with van der Waals surface area (Å²) in [6.45, 7) is 8.43. The van der Waals surface area contributed by atoms with Crippen molar-refractivity contribution >= 4 is 11.4 Å². The van der Waals surface area contributed by atoms with Gasteiger partial charge in [0.25, 0.3) is 0 Å². The molecule has 2 aliphatic rings. The summed E-state index contributed by atoms with van der Waals surface area (Å²) >= 11 is 0. The number of hydrazone groups is 1. The molecule has 0 aliphatic carbocycles. The second kappa shape index (κ2) is 5.69. The smallest absolute Gasteiger partial charge is 0.183 e. The number of nitrogens with zero attached hydrogens (tertiary/aromatic N) is 3. The van der Waals surface area contributed by atoms with Gasteiger partial charge in [0.15, 0.2) is 5.66 Å². The van der Waals surface area contributed by atoms with Gasteiger partial charge in [0, 0.05) is 23.4 Å². The minimum absolute atomic E-state index is 0.461. The molecule has 0 saturated carbocycles. The van der Waals surface area contributed by atoms with E-state index in [9.17, 15) is 0 Å². The summed E-state index contributed by atoms with van der Waals surface area (Å²) in [5.41, 5.74) is 7.67. The fraction of sp³-hybridized carbons (Fsp3) is 0.273. The summed E-state index contributed by atoms with van der Waals surface area (Å²) < 4.78 is 0. The van der Waals surface area contributed by atoms with Crippen LogP contribution in [0.4, 0.5) is 0 Å². The van der Waals surface area contributed by atoms with Gasteiger partial charge in [0.05, 0.1) is 5.71 Å². The van der Waals surface area contributed by atoms with Crippen LogP contribution in [0.3, 0.4) is 0 Å². The van der Waals surface area contributed by atoms with Crippen molar-refractivity contribution in [1.29, 1.82) is 0 Å². The van der Waals surface area contributed by atoms with Gasteiger partial charge in [-0.1, -0.05) is 59.7 Å². The zero-order valence-corrected chi connectivity index (χ0v) is 15.2. The van der Waals surface area contributed by atoms with Gasteiger partial charge in [-0.05, 0) is 39.3 Å². The average Bonchev–Trinajstić information content (AvgIpc) is 2.94. The monoisotopic (exact) mass is 329 g/mol. The number of aryl methyl sites for hydroxylation is 2. The van der Waals surface area contributed by atoms with Crippen LogP contribution in [0.25, 0.3) is 0 Å². The van der Waals surface area contributed by atoms with Gasteiger partial charge >= 0.3 is 0 Å². The van der Waals surface area contributed by atoms with E-state index < -0.39 is 5.66 Å². The van der Waals surface area contributed by atoms with E-state index in [1.807, 2.05) is 0 Å². The Bertz CT molecular complexity index is 901. The lowest BCUT2D eigenvalue weighted by Gasteiger charge is -2.38. The Morgan fingerprint density at radius 2 is 1.44 bits per heavy atom. The molecule has 2 heterocycles. The third-order valence-corrected chi connectivity index (χ3v) is 4.97. The van der Waals surface area contributed by atoms with E-state index in [0.29, 0.717) is 0 Å². The minimum atomic E-state index is -0.461. The molecule has 0 fully saturated rings. The van der Waals surface area contributed by atoms with Crippen LogP contribution in [0.5, 0.6) is 0 Å². The topological polar surface area (TPSA) is 28.0 Å². The highest BCUT2D eigenvalue weighted by atomic mass is 15.6. The Morgan fingerprint density at radius 3 is 2.08 bits per heavy atom. The summed E-state index contributed by atoms with van der Waals surface area (Å²) in [6.07, 6.45) is 2.95. The Labute approximate surface area is 149 Å². The molecule has 3 heteroatoms. The lowest BCUT2D eigenvalue weighted by molar-refractivity contribution is 0.168. The summed E-state index contributed by atoms with van der Waals surface area (Å²) in [7, 11) is 0. The Balaban J connectivity index is 1.88. The van der Waals surface area contributed by atoms with Gasteiger partial charge in [0.2, 0.25) is 0 Å². The largest absolute Gasteiger partial charge is 0.250 e. The maximum absolute atomic E-state index is 5.23. The third-order valence-electron chi connectivity index (χ3n) is 4.97. The predicted octanol–water partition coefficient (Wildman–Crippen LogP) is 4.94. The van der Waals surface area contributed by atoms with Crippen molar-refractivity contribution in [3.05, 3.63) is 82.6 Å². The molecular formula is C22H23N3. The molecule has 1 unspecified atom stereocenters. The first-order valence-electron chi connectivity index (χ1n) is 8.75. The normalized spacial score (nSPS) is 22.2. The lowest BCUT2D eigenvalue weighted by atomic mass is 9.91. The minimum Gasteiger partial charge on any atom is -0.250 e. The highest BCUT2D eigenvalue weighted by Gasteiger charge is 2.45. The highest BCUT2D eigenvalue weighted by molar-refractivity contribution is 6.10. The Morgan fingerprint density at radius 1 is 0.840 bits per heavy atom. The molecule has 1 atom stereocenters. The molecule has 0 saturated heterocycles. The van der Waals surface area contributed by atoms with Crippen molar-refractivity contribution in [1.82, 2.24) is 5.01 Å². The van der Waals surface area contributed by atoms with Gasteiger partial charge in [-0.3, -0.25) is 0 Å². The third kappa shape index (κ3) is 2.60. The molecule has 2 aromatic carbocycles. The van der Waals surface area contributed by atoms with Gasteiger partial charge in [-0.2, -0.15) is 5.10 Å². The fourth-order valence-electron chi connectivity index (χ4n) is 3.65. The van der Waals surface area contributed by atoms with Crippen molar-refractivity contribution in [2.24, 2.45) is 10.1 Å². The summed E-state index contributed by atoms with van der Waals surface area (Å²) in [5, 5.41) is 6.87. The van der Waals surface area contributed by atoms with Crippen LogP contribution >= 0.6 is 0 Å². The molecule has 4 rings (SSSR count). The SMILES string of the molecule is CC1=CC(c2ccc(C)cc2)=NC2(c3ccc(C)cc3)CC(C)=NN12. The second-order valence-electron chi connectivity index (χ2n) is 7.16. The molecule has 0 spiro atoms. The van der Waals surface area contributed by atoms with E-state index in [1.165, 1.54) is 16.7 Å². The van der Waals surface area contributed by atoms with Crippen LogP contribution in [0.15, 0.2) is 70.4 Å². The number of allylic oxidation sites excluding steroid dienone is 2. The van der Waals surface area contributed by atoms with Crippen LogP contribution in [0.1, 0.15) is 42.5 Å². The Hall–Kier alpha value is -2.68. The quantitative estimate of drug-likeness (QED) is 0.766. The molecule has 0 amide bonds. The van der Waals surface area contributed by atoms with Crippen LogP contribution < -0.4 is 0 Å². The van der Waals surface area contributed by atoms with Gasteiger partial charge < -0.3 is 0 Å². The highest BCUT2D eigenvalue weighted by Crippen LogP contribution is 2.44. The second-order valence-corrected chi connectivity index (χ2v) is 7.16. The standard InChI is InChI=1S/C22H23N3/c1-15-5-9-19(10-6-15)21-13-18(4)25-22(23-21,14-17(3)24-25)20-11-7-16(2)8-12-20/h5-13H,14H2,1-4H3. The molecule has 2 aromatic rings. The van der Waals surface area contributed by atoms with Crippen LogP contribution in [-0.2, 0) is 5.66 Å². The Kier molecular flexibility index (Phi) is 3.60. The van der Waals surface area contributed by atoms with E-state index in [4.69, 9.17) is 10.1 Å². The van der Waals surface area contributed by atoms with Gasteiger partial charge in [0.1, 0.15) is 0 Å². The van der Waals surface area contributed by atoms with E-state index in [0.717, 1.165) is 29.1 Å². The van der Waals surface area contributed by atoms with Crippen LogP contribution in [0.2, 0.25) is 0 Å². The van der Waals surface area contributed by atoms with Crippen molar-refractivity contribution < 1.29 is 0 Å². The van der Waals surface area contributed by atoms with Crippen molar-refractivity contribution in [2.45, 2.75) is 39.8 Å². The number of fused-ring (bicyclic) bond motifs is 1. The van der Waals surface area contributed by atoms with Crippen molar-refractivity contribution in [2.75, 3.05) is 0 Å². The lowest BCUT2D eigenvalue weighted by Crippen LogP contribution is -2.40. The maximum Gasteiger partial charge on any atom is 0.183 e. The molecular weight excluding hydrogens is 306 g/mol. The summed E-state index contributed by atoms with van der Waals surface area (Å²) in [4.78, 5) is 5.23. The van der Waals surface area contributed by atoms with Crippen molar-refractivity contribution in [3.8, 4) is 0 Å². The van der Waals surface area contributed by atoms with Crippen LogP contribution in [-0.4, -0.2) is 16.4 Å². The molecule has 25 heavy (non-hydrogen) atoms. The molecule has 0 bridgehead atoms. The number of aliphatic imine (C=N–C) groups is 1. The number of hydrogen-bond acceptors (Lipinski definition) is 3. The first-order valence-corrected chi connectivity index (χ1v) is 8.75. The zero-order valence-electron chi connectivity index (χ0n) is 15.2.